The maximum absolute atomic E-state index is 12.0. The number of aryl methyl sites for hydroxylation is 1. The summed E-state index contributed by atoms with van der Waals surface area (Å²) in [5.74, 6) is 1.24. The van der Waals surface area contributed by atoms with Gasteiger partial charge in [0.25, 0.3) is 5.91 Å². The molecule has 1 amide bonds. The van der Waals surface area contributed by atoms with E-state index in [2.05, 4.69) is 12.2 Å². The van der Waals surface area contributed by atoms with Gasteiger partial charge in [0.1, 0.15) is 5.75 Å². The molecule has 0 aliphatic carbocycles. The van der Waals surface area contributed by atoms with Gasteiger partial charge in [-0.2, -0.15) is 0 Å². The molecule has 0 spiro atoms. The molecule has 17 heavy (non-hydrogen) atoms. The van der Waals surface area contributed by atoms with Gasteiger partial charge in [0.15, 0.2) is 0 Å². The lowest BCUT2D eigenvalue weighted by Gasteiger charge is -2.28. The number of carbonyl (C=O) groups is 1. The van der Waals surface area contributed by atoms with Crippen LogP contribution < -0.4 is 10.1 Å². The number of nitrogens with one attached hydrogen (secondary N) is 1. The second-order valence-electron chi connectivity index (χ2n) is 4.62. The zero-order chi connectivity index (χ0) is 12.6. The van der Waals surface area contributed by atoms with E-state index in [1.54, 1.807) is 7.11 Å². The number of fused-ring (bicyclic) bond motifs is 1. The third-order valence-electron chi connectivity index (χ3n) is 3.71. The zero-order valence-electron chi connectivity index (χ0n) is 10.9. The van der Waals surface area contributed by atoms with Crippen molar-refractivity contribution in [1.82, 2.24) is 5.32 Å². The fourth-order valence-corrected chi connectivity index (χ4v) is 2.53. The Bertz CT molecular complexity index is 466. The number of rotatable bonds is 2. The van der Waals surface area contributed by atoms with Crippen LogP contribution in [0.1, 0.15) is 46.3 Å². The van der Waals surface area contributed by atoms with E-state index >= 15 is 0 Å². The lowest BCUT2D eigenvalue weighted by molar-refractivity contribution is 0.0938. The standard InChI is InChI=1S/C14H19NO2/c1-5-10-7-15-14(16)12-9(3)8(2)6-11(17-4)13(10)12/h6,10H,5,7H2,1-4H3,(H,15,16). The van der Waals surface area contributed by atoms with Crippen LogP contribution in [0, 0.1) is 13.8 Å². The molecule has 1 atom stereocenters. The van der Waals surface area contributed by atoms with Gasteiger partial charge in [-0.05, 0) is 37.5 Å². The van der Waals surface area contributed by atoms with E-state index in [1.807, 2.05) is 19.9 Å². The number of amides is 1. The number of carbonyl (C=O) groups excluding carboxylic acids is 1. The van der Waals surface area contributed by atoms with Crippen molar-refractivity contribution in [1.29, 1.82) is 0 Å². The number of benzene rings is 1. The highest BCUT2D eigenvalue weighted by atomic mass is 16.5. The van der Waals surface area contributed by atoms with E-state index in [0.29, 0.717) is 12.5 Å². The molecule has 3 heteroatoms. The first kappa shape index (κ1) is 12.0. The van der Waals surface area contributed by atoms with Crippen molar-refractivity contribution in [3.05, 3.63) is 28.3 Å². The molecular formula is C14H19NO2. The SMILES string of the molecule is CCC1CNC(=O)c2c(C)c(C)cc(OC)c21. The normalized spacial score (nSPS) is 18.6. The molecule has 0 fully saturated rings. The third-order valence-corrected chi connectivity index (χ3v) is 3.71. The lowest BCUT2D eigenvalue weighted by atomic mass is 9.84. The second kappa shape index (κ2) is 4.40. The topological polar surface area (TPSA) is 38.3 Å². The smallest absolute Gasteiger partial charge is 0.252 e. The van der Waals surface area contributed by atoms with Crippen LogP contribution in [0.15, 0.2) is 6.07 Å². The maximum atomic E-state index is 12.0. The van der Waals surface area contributed by atoms with Crippen LogP contribution in [0.5, 0.6) is 5.75 Å². The van der Waals surface area contributed by atoms with Crippen molar-refractivity contribution < 1.29 is 9.53 Å². The van der Waals surface area contributed by atoms with Crippen LogP contribution in [-0.4, -0.2) is 19.6 Å². The Balaban J connectivity index is 2.72. The highest BCUT2D eigenvalue weighted by Crippen LogP contribution is 2.37. The summed E-state index contributed by atoms with van der Waals surface area (Å²) < 4.78 is 5.45. The highest BCUT2D eigenvalue weighted by Gasteiger charge is 2.29. The van der Waals surface area contributed by atoms with Gasteiger partial charge in [-0.3, -0.25) is 4.79 Å². The Labute approximate surface area is 102 Å². The van der Waals surface area contributed by atoms with E-state index < -0.39 is 0 Å². The molecule has 0 aromatic heterocycles. The first-order valence-electron chi connectivity index (χ1n) is 6.06. The monoisotopic (exact) mass is 233 g/mol. The molecule has 1 aromatic carbocycles. The Morgan fingerprint density at radius 2 is 2.18 bits per heavy atom. The van der Waals surface area contributed by atoms with E-state index in [1.165, 1.54) is 0 Å². The number of methoxy groups -OCH3 is 1. The summed E-state index contributed by atoms with van der Waals surface area (Å²) in [6.45, 7) is 6.87. The molecule has 1 N–H and O–H groups in total. The van der Waals surface area contributed by atoms with E-state index in [0.717, 1.165) is 34.4 Å². The molecule has 1 aliphatic rings. The predicted octanol–water partition coefficient (Wildman–Crippen LogP) is 2.55. The van der Waals surface area contributed by atoms with Crippen LogP contribution in [0.3, 0.4) is 0 Å². The van der Waals surface area contributed by atoms with Gasteiger partial charge >= 0.3 is 0 Å². The van der Waals surface area contributed by atoms with Crippen molar-refractivity contribution in [2.75, 3.05) is 13.7 Å². The fraction of sp³-hybridized carbons (Fsp3) is 0.500. The summed E-state index contributed by atoms with van der Waals surface area (Å²) >= 11 is 0. The van der Waals surface area contributed by atoms with Gasteiger partial charge in [-0.15, -0.1) is 0 Å². The fourth-order valence-electron chi connectivity index (χ4n) is 2.53. The van der Waals surface area contributed by atoms with Gasteiger partial charge in [0.2, 0.25) is 0 Å². The largest absolute Gasteiger partial charge is 0.496 e. The van der Waals surface area contributed by atoms with Crippen molar-refractivity contribution >= 4 is 5.91 Å². The Morgan fingerprint density at radius 3 is 2.76 bits per heavy atom. The summed E-state index contributed by atoms with van der Waals surface area (Å²) in [6.07, 6.45) is 1.01. The van der Waals surface area contributed by atoms with Crippen molar-refractivity contribution in [2.24, 2.45) is 0 Å². The lowest BCUT2D eigenvalue weighted by Crippen LogP contribution is -2.36. The molecule has 0 saturated carbocycles. The Kier molecular flexibility index (Phi) is 3.09. The summed E-state index contributed by atoms with van der Waals surface area (Å²) in [4.78, 5) is 12.0. The number of hydrogen-bond donors (Lipinski definition) is 1. The third kappa shape index (κ3) is 1.79. The van der Waals surface area contributed by atoms with Gasteiger partial charge in [0, 0.05) is 23.6 Å². The molecule has 92 valence electrons. The highest BCUT2D eigenvalue weighted by molar-refractivity contribution is 5.99. The average molecular weight is 233 g/mol. The predicted molar refractivity (Wildman–Crippen MR) is 67.8 cm³/mol. The summed E-state index contributed by atoms with van der Waals surface area (Å²) in [5, 5.41) is 2.96. The van der Waals surface area contributed by atoms with Crippen molar-refractivity contribution in [3.8, 4) is 5.75 Å². The summed E-state index contributed by atoms with van der Waals surface area (Å²) in [6, 6.07) is 2.04. The Morgan fingerprint density at radius 1 is 1.47 bits per heavy atom. The van der Waals surface area contributed by atoms with E-state index in [4.69, 9.17) is 4.74 Å². The minimum absolute atomic E-state index is 0.0317. The zero-order valence-corrected chi connectivity index (χ0v) is 10.9. The molecule has 0 bridgehead atoms. The minimum atomic E-state index is 0.0317. The van der Waals surface area contributed by atoms with Gasteiger partial charge < -0.3 is 10.1 Å². The van der Waals surface area contributed by atoms with Gasteiger partial charge in [-0.25, -0.2) is 0 Å². The molecule has 0 saturated heterocycles. The average Bonchev–Trinajstić information content (AvgIpc) is 2.33. The molecule has 1 aromatic rings. The molecular weight excluding hydrogens is 214 g/mol. The molecule has 2 rings (SSSR count). The maximum Gasteiger partial charge on any atom is 0.252 e. The number of hydrogen-bond acceptors (Lipinski definition) is 2. The van der Waals surface area contributed by atoms with E-state index in [9.17, 15) is 4.79 Å². The van der Waals surface area contributed by atoms with E-state index in [-0.39, 0.29) is 5.91 Å². The van der Waals surface area contributed by atoms with Crippen LogP contribution in [0.25, 0.3) is 0 Å². The van der Waals surface area contributed by atoms with Crippen LogP contribution in [-0.2, 0) is 0 Å². The van der Waals surface area contributed by atoms with Gasteiger partial charge in [-0.1, -0.05) is 6.92 Å². The molecule has 1 heterocycles. The molecule has 1 unspecified atom stereocenters. The van der Waals surface area contributed by atoms with Crippen molar-refractivity contribution in [3.63, 3.8) is 0 Å². The summed E-state index contributed by atoms with van der Waals surface area (Å²) in [5.41, 5.74) is 4.07. The van der Waals surface area contributed by atoms with Crippen LogP contribution in [0.4, 0.5) is 0 Å². The molecule has 1 aliphatic heterocycles. The molecule has 0 radical (unpaired) electrons. The first-order valence-corrected chi connectivity index (χ1v) is 6.06. The van der Waals surface area contributed by atoms with Gasteiger partial charge in [0.05, 0.1) is 7.11 Å². The summed E-state index contributed by atoms with van der Waals surface area (Å²) in [7, 11) is 1.67. The quantitative estimate of drug-likeness (QED) is 0.852. The minimum Gasteiger partial charge on any atom is -0.496 e. The van der Waals surface area contributed by atoms with Crippen LogP contribution >= 0.6 is 0 Å². The number of ether oxygens (including phenoxy) is 1. The van der Waals surface area contributed by atoms with Crippen molar-refractivity contribution in [2.45, 2.75) is 33.1 Å². The van der Waals surface area contributed by atoms with Crippen LogP contribution in [0.2, 0.25) is 0 Å². The Hall–Kier alpha value is -1.51. The first-order chi connectivity index (χ1) is 8.10. The second-order valence-corrected chi connectivity index (χ2v) is 4.62. The molecule has 3 nitrogen and oxygen atoms in total.